The van der Waals surface area contributed by atoms with Crippen molar-refractivity contribution in [1.82, 2.24) is 30.1 Å². The lowest BCUT2D eigenvalue weighted by molar-refractivity contribution is -0.115. The number of anilines is 1. The average molecular weight is 383 g/mol. The second-order valence-corrected chi connectivity index (χ2v) is 6.67. The first-order valence-electron chi connectivity index (χ1n) is 9.25. The molecule has 0 fully saturated rings. The first kappa shape index (κ1) is 17.1. The van der Waals surface area contributed by atoms with Crippen molar-refractivity contribution in [2.75, 3.05) is 5.32 Å². The Hall–Kier alpha value is -4.07. The summed E-state index contributed by atoms with van der Waals surface area (Å²) in [6.07, 6.45) is 7.27. The predicted molar refractivity (Wildman–Crippen MR) is 111 cm³/mol. The van der Waals surface area contributed by atoms with E-state index in [2.05, 4.69) is 35.5 Å². The highest BCUT2D eigenvalue weighted by Crippen LogP contribution is 2.30. The monoisotopic (exact) mass is 383 g/mol. The molecule has 0 saturated carbocycles. The summed E-state index contributed by atoms with van der Waals surface area (Å²) in [6, 6.07) is 9.68. The molecule has 0 aromatic carbocycles. The largest absolute Gasteiger partial charge is 0.352 e. The molecule has 0 aliphatic carbocycles. The minimum absolute atomic E-state index is 0.0584. The minimum atomic E-state index is -0.0584. The van der Waals surface area contributed by atoms with Crippen LogP contribution in [0.5, 0.6) is 0 Å². The molecule has 0 radical (unpaired) electrons. The Morgan fingerprint density at radius 1 is 1.10 bits per heavy atom. The van der Waals surface area contributed by atoms with Crippen LogP contribution in [0.3, 0.4) is 0 Å². The quantitative estimate of drug-likeness (QED) is 0.435. The molecule has 0 aliphatic rings. The lowest BCUT2D eigenvalue weighted by atomic mass is 10.1. The number of aromatic nitrogens is 6. The number of amides is 1. The van der Waals surface area contributed by atoms with Crippen molar-refractivity contribution in [2.24, 2.45) is 0 Å². The Bertz CT molecular complexity index is 1320. The molecule has 0 atom stereocenters. The maximum Gasteiger partial charge on any atom is 0.224 e. The lowest BCUT2D eigenvalue weighted by Crippen LogP contribution is -2.09. The number of aromatic amines is 2. The molecule has 5 heterocycles. The number of H-pyrrole nitrogens is 2. The highest BCUT2D eigenvalue weighted by molar-refractivity contribution is 5.96. The highest BCUT2D eigenvalue weighted by Gasteiger charge is 2.13. The van der Waals surface area contributed by atoms with E-state index in [9.17, 15) is 4.79 Å². The second-order valence-electron chi connectivity index (χ2n) is 6.67. The van der Waals surface area contributed by atoms with Crippen molar-refractivity contribution >= 4 is 33.5 Å². The van der Waals surface area contributed by atoms with Gasteiger partial charge in [-0.15, -0.1) is 0 Å². The van der Waals surface area contributed by atoms with Crippen molar-refractivity contribution in [2.45, 2.75) is 13.3 Å². The Labute approximate surface area is 165 Å². The van der Waals surface area contributed by atoms with Crippen molar-refractivity contribution in [3.63, 3.8) is 0 Å². The van der Waals surface area contributed by atoms with Crippen LogP contribution in [0.2, 0.25) is 0 Å². The molecule has 142 valence electrons. The summed E-state index contributed by atoms with van der Waals surface area (Å²) in [4.78, 5) is 28.2. The van der Waals surface area contributed by atoms with Crippen LogP contribution >= 0.6 is 0 Å². The van der Waals surface area contributed by atoms with Gasteiger partial charge in [0.2, 0.25) is 5.91 Å². The van der Waals surface area contributed by atoms with E-state index in [0.29, 0.717) is 12.1 Å². The molecule has 5 rings (SSSR count). The van der Waals surface area contributed by atoms with E-state index in [-0.39, 0.29) is 5.91 Å². The van der Waals surface area contributed by atoms with Gasteiger partial charge in [-0.25, -0.2) is 0 Å². The Morgan fingerprint density at radius 3 is 2.90 bits per heavy atom. The van der Waals surface area contributed by atoms with Gasteiger partial charge in [0.15, 0.2) is 0 Å². The molecule has 8 nitrogen and oxygen atoms in total. The topological polar surface area (TPSA) is 112 Å². The molecule has 1 amide bonds. The van der Waals surface area contributed by atoms with E-state index in [1.54, 1.807) is 24.8 Å². The molecule has 5 aromatic rings. The summed E-state index contributed by atoms with van der Waals surface area (Å²) in [5, 5.41) is 11.3. The van der Waals surface area contributed by atoms with Crippen molar-refractivity contribution in [3.05, 3.63) is 55.1 Å². The van der Waals surface area contributed by atoms with E-state index in [4.69, 9.17) is 0 Å². The Morgan fingerprint density at radius 2 is 2.03 bits per heavy atom. The second kappa shape index (κ2) is 6.83. The number of carbonyl (C=O) groups excluding carboxylic acids is 1. The number of hydrogen-bond donors (Lipinski definition) is 3. The normalized spacial score (nSPS) is 11.2. The molecule has 0 unspecified atom stereocenters. The molecule has 0 saturated heterocycles. The van der Waals surface area contributed by atoms with E-state index < -0.39 is 0 Å². The number of nitrogens with zero attached hydrogens (tertiary/aromatic N) is 4. The first-order valence-corrected chi connectivity index (χ1v) is 9.25. The standard InChI is InChI=1S/C21H17N7O/c1-2-20(29)25-13-6-12(9-22-10-13)16-7-14-19(11-24-16)27-28-21(14)18-8-17-15(26-18)4-3-5-23-17/h3-11,26H,2H2,1H3,(H,25,29)(H,27,28). The van der Waals surface area contributed by atoms with Gasteiger partial charge in [-0.1, -0.05) is 6.92 Å². The molecular weight excluding hydrogens is 366 g/mol. The maximum absolute atomic E-state index is 11.7. The van der Waals surface area contributed by atoms with Crippen LogP contribution in [0, 0.1) is 0 Å². The van der Waals surface area contributed by atoms with Gasteiger partial charge in [-0.2, -0.15) is 5.10 Å². The molecule has 0 spiro atoms. The van der Waals surface area contributed by atoms with Crippen LogP contribution in [0.4, 0.5) is 5.69 Å². The molecule has 8 heteroatoms. The number of rotatable bonds is 4. The number of fused-ring (bicyclic) bond motifs is 2. The summed E-state index contributed by atoms with van der Waals surface area (Å²) in [7, 11) is 0. The zero-order chi connectivity index (χ0) is 19.8. The fourth-order valence-corrected chi connectivity index (χ4v) is 3.26. The van der Waals surface area contributed by atoms with E-state index in [1.807, 2.05) is 37.3 Å². The molecule has 0 bridgehead atoms. The number of nitrogens with one attached hydrogen (secondary N) is 3. The number of pyridine rings is 3. The number of carbonyl (C=O) groups is 1. The van der Waals surface area contributed by atoms with Crippen LogP contribution in [0.1, 0.15) is 13.3 Å². The van der Waals surface area contributed by atoms with Gasteiger partial charge in [0, 0.05) is 29.8 Å². The van der Waals surface area contributed by atoms with Crippen molar-refractivity contribution in [3.8, 4) is 22.6 Å². The van der Waals surface area contributed by atoms with Gasteiger partial charge >= 0.3 is 0 Å². The van der Waals surface area contributed by atoms with Crippen LogP contribution < -0.4 is 5.32 Å². The van der Waals surface area contributed by atoms with Crippen molar-refractivity contribution < 1.29 is 4.79 Å². The molecule has 5 aromatic heterocycles. The fourth-order valence-electron chi connectivity index (χ4n) is 3.26. The molecule has 3 N–H and O–H groups in total. The summed E-state index contributed by atoms with van der Waals surface area (Å²) in [5.41, 5.74) is 6.55. The lowest BCUT2D eigenvalue weighted by Gasteiger charge is -2.06. The molecule has 29 heavy (non-hydrogen) atoms. The third-order valence-corrected chi connectivity index (χ3v) is 4.73. The summed E-state index contributed by atoms with van der Waals surface area (Å²) in [5.74, 6) is -0.0584. The smallest absolute Gasteiger partial charge is 0.224 e. The summed E-state index contributed by atoms with van der Waals surface area (Å²) >= 11 is 0. The fraction of sp³-hybridized carbons (Fsp3) is 0.0952. The van der Waals surface area contributed by atoms with Gasteiger partial charge in [0.25, 0.3) is 0 Å². The van der Waals surface area contributed by atoms with Crippen LogP contribution in [-0.4, -0.2) is 36.0 Å². The summed E-state index contributed by atoms with van der Waals surface area (Å²) in [6.45, 7) is 1.81. The van der Waals surface area contributed by atoms with E-state index in [1.165, 1.54) is 0 Å². The summed E-state index contributed by atoms with van der Waals surface area (Å²) < 4.78 is 0. The van der Waals surface area contributed by atoms with Crippen LogP contribution in [-0.2, 0) is 4.79 Å². The molecule has 0 aliphatic heterocycles. The SMILES string of the molecule is CCC(=O)Nc1cncc(-c2cc3c(-c4cc5ncccc5[nH]4)n[nH]c3cn2)c1. The van der Waals surface area contributed by atoms with Gasteiger partial charge in [0.05, 0.1) is 46.0 Å². The van der Waals surface area contributed by atoms with Gasteiger partial charge in [-0.3, -0.25) is 24.8 Å². The number of hydrogen-bond acceptors (Lipinski definition) is 5. The zero-order valence-electron chi connectivity index (χ0n) is 15.6. The Kier molecular flexibility index (Phi) is 4.02. The zero-order valence-corrected chi connectivity index (χ0v) is 15.6. The minimum Gasteiger partial charge on any atom is -0.352 e. The predicted octanol–water partition coefficient (Wildman–Crippen LogP) is 3.91. The average Bonchev–Trinajstić information content (AvgIpc) is 3.37. The maximum atomic E-state index is 11.7. The van der Waals surface area contributed by atoms with Crippen molar-refractivity contribution in [1.29, 1.82) is 0 Å². The van der Waals surface area contributed by atoms with Gasteiger partial charge < -0.3 is 10.3 Å². The van der Waals surface area contributed by atoms with Crippen LogP contribution in [0.15, 0.2) is 55.1 Å². The van der Waals surface area contributed by atoms with E-state index in [0.717, 1.165) is 44.6 Å². The third kappa shape index (κ3) is 3.10. The molecular formula is C21H17N7O. The third-order valence-electron chi connectivity index (χ3n) is 4.73. The Balaban J connectivity index is 1.58. The van der Waals surface area contributed by atoms with Gasteiger partial charge in [0.1, 0.15) is 5.69 Å². The van der Waals surface area contributed by atoms with Gasteiger partial charge in [-0.05, 0) is 30.3 Å². The highest BCUT2D eigenvalue weighted by atomic mass is 16.1. The van der Waals surface area contributed by atoms with E-state index >= 15 is 0 Å². The van der Waals surface area contributed by atoms with Crippen LogP contribution in [0.25, 0.3) is 44.6 Å². The first-order chi connectivity index (χ1) is 14.2.